The summed E-state index contributed by atoms with van der Waals surface area (Å²) in [5, 5.41) is 9.49. The van der Waals surface area contributed by atoms with Crippen LogP contribution in [0.5, 0.6) is 0 Å². The van der Waals surface area contributed by atoms with Gasteiger partial charge in [0.2, 0.25) is 0 Å². The third-order valence-electron chi connectivity index (χ3n) is 2.01. The molecule has 0 saturated carbocycles. The summed E-state index contributed by atoms with van der Waals surface area (Å²) in [7, 11) is 0. The highest BCUT2D eigenvalue weighted by Crippen LogP contribution is 2.13. The van der Waals surface area contributed by atoms with E-state index in [4.69, 9.17) is 6.42 Å². The summed E-state index contributed by atoms with van der Waals surface area (Å²) in [6.45, 7) is 3.34. The fourth-order valence-corrected chi connectivity index (χ4v) is 0.817. The van der Waals surface area contributed by atoms with Gasteiger partial charge in [0.25, 0.3) is 0 Å². The molecule has 0 aromatic heterocycles. The summed E-state index contributed by atoms with van der Waals surface area (Å²) in [5.41, 5.74) is -1.16. The number of aliphatic hydroxyl groups is 1. The van der Waals surface area contributed by atoms with Crippen molar-refractivity contribution in [3.8, 4) is 12.3 Å². The van der Waals surface area contributed by atoms with Crippen molar-refractivity contribution in [1.29, 1.82) is 0 Å². The maximum atomic E-state index is 11.3. The Bertz CT molecular complexity index is 187. The van der Waals surface area contributed by atoms with Crippen molar-refractivity contribution in [2.75, 3.05) is 0 Å². The van der Waals surface area contributed by atoms with E-state index in [0.717, 1.165) is 0 Å². The van der Waals surface area contributed by atoms with Crippen LogP contribution in [0.4, 0.5) is 0 Å². The first-order valence-electron chi connectivity index (χ1n) is 4.23. The standard InChI is InChI=1S/C10H16O2/c1-4-6-7-8-9(11)10(3,12)5-2/h1,12H,5-8H2,2-3H3. The molecule has 0 aromatic carbocycles. The fourth-order valence-electron chi connectivity index (χ4n) is 0.817. The minimum absolute atomic E-state index is 0.111. The molecule has 0 aliphatic rings. The SMILES string of the molecule is C#CCCCC(=O)C(C)(O)CC. The van der Waals surface area contributed by atoms with Gasteiger partial charge in [-0.2, -0.15) is 0 Å². The molecule has 2 heteroatoms. The average molecular weight is 168 g/mol. The minimum Gasteiger partial charge on any atom is -0.382 e. The van der Waals surface area contributed by atoms with Crippen molar-refractivity contribution in [3.63, 3.8) is 0 Å². The molecule has 2 nitrogen and oxygen atoms in total. The highest BCUT2D eigenvalue weighted by atomic mass is 16.3. The van der Waals surface area contributed by atoms with E-state index < -0.39 is 5.60 Å². The van der Waals surface area contributed by atoms with Crippen LogP contribution in [-0.4, -0.2) is 16.5 Å². The van der Waals surface area contributed by atoms with E-state index in [1.165, 1.54) is 0 Å². The van der Waals surface area contributed by atoms with E-state index in [-0.39, 0.29) is 5.78 Å². The largest absolute Gasteiger partial charge is 0.382 e. The maximum absolute atomic E-state index is 11.3. The van der Waals surface area contributed by atoms with Crippen LogP contribution in [0.25, 0.3) is 0 Å². The Labute approximate surface area is 74.0 Å². The van der Waals surface area contributed by atoms with E-state index in [1.807, 2.05) is 0 Å². The van der Waals surface area contributed by atoms with Crippen molar-refractivity contribution in [2.24, 2.45) is 0 Å². The van der Waals surface area contributed by atoms with Gasteiger partial charge in [0, 0.05) is 12.8 Å². The number of terminal acetylenes is 1. The molecule has 1 atom stereocenters. The molecule has 68 valence electrons. The number of unbranched alkanes of at least 4 members (excludes halogenated alkanes) is 1. The number of hydrogen-bond donors (Lipinski definition) is 1. The van der Waals surface area contributed by atoms with Crippen LogP contribution in [0.15, 0.2) is 0 Å². The first kappa shape index (κ1) is 11.2. The van der Waals surface area contributed by atoms with Crippen LogP contribution in [0.3, 0.4) is 0 Å². The molecule has 0 aromatic rings. The first-order valence-corrected chi connectivity index (χ1v) is 4.23. The van der Waals surface area contributed by atoms with E-state index in [0.29, 0.717) is 25.7 Å². The van der Waals surface area contributed by atoms with Crippen molar-refractivity contribution >= 4 is 5.78 Å². The van der Waals surface area contributed by atoms with Crippen LogP contribution < -0.4 is 0 Å². The highest BCUT2D eigenvalue weighted by molar-refractivity contribution is 5.86. The monoisotopic (exact) mass is 168 g/mol. The topological polar surface area (TPSA) is 37.3 Å². The fraction of sp³-hybridized carbons (Fsp3) is 0.700. The number of carbonyl (C=O) groups excluding carboxylic acids is 1. The van der Waals surface area contributed by atoms with E-state index in [2.05, 4.69) is 5.92 Å². The Balaban J connectivity index is 3.81. The summed E-state index contributed by atoms with van der Waals surface area (Å²) in [6.07, 6.45) is 7.15. The molecule has 0 rings (SSSR count). The van der Waals surface area contributed by atoms with Crippen molar-refractivity contribution in [3.05, 3.63) is 0 Å². The number of rotatable bonds is 5. The number of ketones is 1. The molecule has 0 saturated heterocycles. The van der Waals surface area contributed by atoms with Gasteiger partial charge in [-0.1, -0.05) is 6.92 Å². The van der Waals surface area contributed by atoms with Gasteiger partial charge in [0.15, 0.2) is 5.78 Å². The van der Waals surface area contributed by atoms with Crippen molar-refractivity contribution in [1.82, 2.24) is 0 Å². The first-order chi connectivity index (χ1) is 5.54. The molecule has 0 aliphatic heterocycles. The summed E-state index contributed by atoms with van der Waals surface area (Å²) in [5.74, 6) is 2.35. The maximum Gasteiger partial charge on any atom is 0.164 e. The van der Waals surface area contributed by atoms with Crippen LogP contribution >= 0.6 is 0 Å². The van der Waals surface area contributed by atoms with Gasteiger partial charge in [-0.25, -0.2) is 0 Å². The third-order valence-corrected chi connectivity index (χ3v) is 2.01. The lowest BCUT2D eigenvalue weighted by Gasteiger charge is -2.18. The van der Waals surface area contributed by atoms with Gasteiger partial charge in [-0.15, -0.1) is 12.3 Å². The Hall–Kier alpha value is -0.810. The zero-order valence-corrected chi connectivity index (χ0v) is 7.76. The van der Waals surface area contributed by atoms with Gasteiger partial charge in [-0.3, -0.25) is 4.79 Å². The third kappa shape index (κ3) is 3.54. The normalized spacial score (nSPS) is 14.8. The predicted octanol–water partition coefficient (Wildman–Crippen LogP) is 1.52. The smallest absolute Gasteiger partial charge is 0.164 e. The van der Waals surface area contributed by atoms with E-state index >= 15 is 0 Å². The van der Waals surface area contributed by atoms with E-state index in [9.17, 15) is 9.90 Å². The second kappa shape index (κ2) is 4.95. The quantitative estimate of drug-likeness (QED) is 0.499. The summed E-state index contributed by atoms with van der Waals surface area (Å²) in [4.78, 5) is 11.3. The molecule has 0 radical (unpaired) electrons. The average Bonchev–Trinajstić information content (AvgIpc) is 2.05. The van der Waals surface area contributed by atoms with Crippen molar-refractivity contribution in [2.45, 2.75) is 45.1 Å². The lowest BCUT2D eigenvalue weighted by molar-refractivity contribution is -0.136. The zero-order chi connectivity index (χ0) is 9.61. The van der Waals surface area contributed by atoms with E-state index in [1.54, 1.807) is 13.8 Å². The molecule has 0 fully saturated rings. The second-order valence-electron chi connectivity index (χ2n) is 3.11. The number of hydrogen-bond acceptors (Lipinski definition) is 2. The highest BCUT2D eigenvalue weighted by Gasteiger charge is 2.26. The summed E-state index contributed by atoms with van der Waals surface area (Å²) >= 11 is 0. The van der Waals surface area contributed by atoms with Crippen LogP contribution in [-0.2, 0) is 4.79 Å². The zero-order valence-electron chi connectivity index (χ0n) is 7.76. The number of Topliss-reactive ketones (excluding diaryl/α,β-unsaturated/α-hetero) is 1. The van der Waals surface area contributed by atoms with Crippen molar-refractivity contribution < 1.29 is 9.90 Å². The Morgan fingerprint density at radius 1 is 1.67 bits per heavy atom. The molecule has 1 unspecified atom stereocenters. The molecular formula is C10H16O2. The predicted molar refractivity (Wildman–Crippen MR) is 48.6 cm³/mol. The van der Waals surface area contributed by atoms with Gasteiger partial charge in [0.05, 0.1) is 0 Å². The van der Waals surface area contributed by atoms with Crippen LogP contribution in [0.1, 0.15) is 39.5 Å². The lowest BCUT2D eigenvalue weighted by atomic mass is 9.94. The summed E-state index contributed by atoms with van der Waals surface area (Å²) < 4.78 is 0. The van der Waals surface area contributed by atoms with Gasteiger partial charge in [0.1, 0.15) is 5.60 Å². The molecule has 1 N–H and O–H groups in total. The Kier molecular flexibility index (Phi) is 4.61. The Morgan fingerprint density at radius 2 is 2.25 bits per heavy atom. The second-order valence-corrected chi connectivity index (χ2v) is 3.11. The van der Waals surface area contributed by atoms with Crippen LogP contribution in [0, 0.1) is 12.3 Å². The minimum atomic E-state index is -1.16. The van der Waals surface area contributed by atoms with Gasteiger partial charge < -0.3 is 5.11 Å². The molecular weight excluding hydrogens is 152 g/mol. The van der Waals surface area contributed by atoms with Crippen LogP contribution in [0.2, 0.25) is 0 Å². The molecule has 0 aliphatic carbocycles. The molecule has 0 bridgehead atoms. The number of carbonyl (C=O) groups is 1. The lowest BCUT2D eigenvalue weighted by Crippen LogP contribution is -2.33. The molecule has 0 spiro atoms. The van der Waals surface area contributed by atoms with Gasteiger partial charge in [-0.05, 0) is 19.8 Å². The molecule has 0 heterocycles. The Morgan fingerprint density at radius 3 is 2.67 bits per heavy atom. The van der Waals surface area contributed by atoms with Gasteiger partial charge >= 0.3 is 0 Å². The molecule has 0 amide bonds. The summed E-state index contributed by atoms with van der Waals surface area (Å²) in [6, 6.07) is 0. The molecule has 12 heavy (non-hydrogen) atoms.